The molecule has 11 heteroatoms. The average Bonchev–Trinajstić information content (AvgIpc) is 3.63. The molecule has 2 aliphatic rings. The Kier molecular flexibility index (Phi) is 15.8. The molecule has 2 fully saturated rings. The van der Waals surface area contributed by atoms with Crippen LogP contribution in [0.15, 0.2) is 48.9 Å². The van der Waals surface area contributed by atoms with Crippen molar-refractivity contribution in [1.29, 1.82) is 0 Å². The molecular weight excluding hydrogens is 670 g/mol. The van der Waals surface area contributed by atoms with Crippen molar-refractivity contribution in [1.82, 2.24) is 25.5 Å². The van der Waals surface area contributed by atoms with Crippen molar-refractivity contribution >= 4 is 35.1 Å². The Morgan fingerprint density at radius 3 is 2.23 bits per heavy atom. The van der Waals surface area contributed by atoms with E-state index in [4.69, 9.17) is 0 Å². The zero-order valence-electron chi connectivity index (χ0n) is 32.2. The summed E-state index contributed by atoms with van der Waals surface area (Å²) in [7, 11) is 0. The third-order valence-electron chi connectivity index (χ3n) is 11.5. The Labute approximate surface area is 314 Å². The maximum Gasteiger partial charge on any atom is 0.272 e. The molecule has 0 radical (unpaired) electrons. The van der Waals surface area contributed by atoms with Crippen LogP contribution < -0.4 is 10.6 Å². The van der Waals surface area contributed by atoms with E-state index in [0.29, 0.717) is 38.6 Å². The Morgan fingerprint density at radius 2 is 1.60 bits per heavy atom. The van der Waals surface area contributed by atoms with E-state index in [9.17, 15) is 28.8 Å². The number of benzene rings is 1. The summed E-state index contributed by atoms with van der Waals surface area (Å²) in [4.78, 5) is 92.6. The molecule has 288 valence electrons. The molecule has 7 atom stereocenters. The first kappa shape index (κ1) is 41.5. The second kappa shape index (κ2) is 20.3. The minimum Gasteiger partial charge on any atom is -0.342 e. The number of rotatable bonds is 19. The molecule has 1 aromatic heterocycles. The first-order valence-electron chi connectivity index (χ1n) is 19.8. The molecule has 1 saturated carbocycles. The highest BCUT2D eigenvalue weighted by atomic mass is 16.2. The third-order valence-corrected chi connectivity index (χ3v) is 11.5. The van der Waals surface area contributed by atoms with Crippen molar-refractivity contribution in [3.63, 3.8) is 0 Å². The summed E-state index contributed by atoms with van der Waals surface area (Å²) in [6.07, 6.45) is 11.6. The molecule has 4 rings (SSSR count). The quantitative estimate of drug-likeness (QED) is 0.166. The van der Waals surface area contributed by atoms with Gasteiger partial charge in [0.05, 0.1) is 12.2 Å². The van der Waals surface area contributed by atoms with Crippen molar-refractivity contribution in [3.05, 3.63) is 60.2 Å². The van der Waals surface area contributed by atoms with E-state index >= 15 is 0 Å². The van der Waals surface area contributed by atoms with Crippen LogP contribution >= 0.6 is 0 Å². The van der Waals surface area contributed by atoms with E-state index < -0.39 is 47.4 Å². The molecule has 11 nitrogen and oxygen atoms in total. The van der Waals surface area contributed by atoms with Crippen LogP contribution in [-0.4, -0.2) is 74.6 Å². The lowest BCUT2D eigenvalue weighted by Crippen LogP contribution is -2.59. The van der Waals surface area contributed by atoms with Crippen LogP contribution in [0.3, 0.4) is 0 Å². The number of nitrogens with one attached hydrogen (secondary N) is 2. The number of carbonyl (C=O) groups is 6. The van der Waals surface area contributed by atoms with Gasteiger partial charge in [0.1, 0.15) is 17.8 Å². The van der Waals surface area contributed by atoms with Gasteiger partial charge < -0.3 is 15.5 Å². The summed E-state index contributed by atoms with van der Waals surface area (Å²) in [5.74, 6) is -3.84. The molecule has 2 N–H and O–H groups in total. The van der Waals surface area contributed by atoms with E-state index in [1.165, 1.54) is 18.6 Å². The highest BCUT2D eigenvalue weighted by Gasteiger charge is 2.45. The molecule has 0 spiro atoms. The standard InChI is InChI=1S/C42H59N5O6/c1-6-15-32(39(50)35(49)24-28(5)30-16-11-9-12-17-30)25-34(48)38-29(8-3)20-23-47(38)42(53)36(27(4)7-2)45-41(52)37(31-18-13-10-14-19-31)46-40(51)33-26-43-21-22-44-33/h9,11-12,16-17,21-22,26-29,31-32,36-38H,6-8,10,13-15,18-20,23-25H2,1-5H3,(H,45,52)(H,46,51)/t27?,28-,29+,32?,36+,37+,38+/m1/s1. The summed E-state index contributed by atoms with van der Waals surface area (Å²) in [5, 5.41) is 5.92. The van der Waals surface area contributed by atoms with Gasteiger partial charge in [0.15, 0.2) is 11.6 Å². The van der Waals surface area contributed by atoms with Crippen molar-refractivity contribution < 1.29 is 28.8 Å². The highest BCUT2D eigenvalue weighted by molar-refractivity contribution is 6.38. The number of amides is 3. The van der Waals surface area contributed by atoms with E-state index in [1.54, 1.807) is 4.90 Å². The molecule has 1 aliphatic carbocycles. The van der Waals surface area contributed by atoms with Gasteiger partial charge in [0, 0.05) is 37.7 Å². The molecule has 2 aromatic rings. The fraction of sp³-hybridized carbons (Fsp3) is 0.619. The largest absolute Gasteiger partial charge is 0.342 e. The fourth-order valence-electron chi connectivity index (χ4n) is 8.11. The molecule has 1 aromatic carbocycles. The Balaban J connectivity index is 1.52. The lowest BCUT2D eigenvalue weighted by Gasteiger charge is -2.35. The fourth-order valence-corrected chi connectivity index (χ4v) is 8.11. The lowest BCUT2D eigenvalue weighted by molar-refractivity contribution is -0.144. The lowest BCUT2D eigenvalue weighted by atomic mass is 9.83. The molecule has 1 aliphatic heterocycles. The van der Waals surface area contributed by atoms with Gasteiger partial charge in [-0.3, -0.25) is 33.8 Å². The highest BCUT2D eigenvalue weighted by Crippen LogP contribution is 2.33. The van der Waals surface area contributed by atoms with Gasteiger partial charge >= 0.3 is 0 Å². The zero-order chi connectivity index (χ0) is 38.5. The van der Waals surface area contributed by atoms with Crippen LogP contribution in [0.1, 0.15) is 134 Å². The molecule has 1 saturated heterocycles. The van der Waals surface area contributed by atoms with Crippen LogP contribution in [0.25, 0.3) is 0 Å². The number of hydrogen-bond acceptors (Lipinski definition) is 8. The summed E-state index contributed by atoms with van der Waals surface area (Å²) < 4.78 is 0. The Bertz CT molecular complexity index is 1550. The molecule has 0 bridgehead atoms. The molecule has 2 unspecified atom stereocenters. The SMILES string of the molecule is CCCC(CC(=O)[C@@H]1[C@@H](CC)CCN1C(=O)[C@@H](NC(=O)[C@@H](NC(=O)c1cnccn1)C1CCCCC1)C(C)CC)C(=O)C(=O)C[C@@H](C)c1ccccc1. The minimum atomic E-state index is -0.924. The summed E-state index contributed by atoms with van der Waals surface area (Å²) >= 11 is 0. The van der Waals surface area contributed by atoms with Crippen molar-refractivity contribution in [3.8, 4) is 0 Å². The van der Waals surface area contributed by atoms with Gasteiger partial charge in [-0.05, 0) is 54.9 Å². The van der Waals surface area contributed by atoms with Gasteiger partial charge in [-0.15, -0.1) is 0 Å². The number of aromatic nitrogens is 2. The molecule has 53 heavy (non-hydrogen) atoms. The topological polar surface area (TPSA) is 156 Å². The van der Waals surface area contributed by atoms with E-state index in [2.05, 4.69) is 20.6 Å². The second-order valence-corrected chi connectivity index (χ2v) is 15.2. The van der Waals surface area contributed by atoms with Gasteiger partial charge in [-0.2, -0.15) is 0 Å². The maximum absolute atomic E-state index is 14.5. The summed E-state index contributed by atoms with van der Waals surface area (Å²) in [5.41, 5.74) is 1.08. The van der Waals surface area contributed by atoms with E-state index in [1.807, 2.05) is 65.0 Å². The van der Waals surface area contributed by atoms with Gasteiger partial charge in [0.2, 0.25) is 17.6 Å². The molecule has 2 heterocycles. The van der Waals surface area contributed by atoms with Gasteiger partial charge in [-0.25, -0.2) is 4.98 Å². The predicted octanol–water partition coefficient (Wildman–Crippen LogP) is 6.02. The first-order valence-corrected chi connectivity index (χ1v) is 19.8. The smallest absolute Gasteiger partial charge is 0.272 e. The number of carbonyl (C=O) groups excluding carboxylic acids is 6. The Hall–Kier alpha value is -4.28. The normalized spacial score (nSPS) is 20.4. The minimum absolute atomic E-state index is 0.0697. The monoisotopic (exact) mass is 729 g/mol. The number of Topliss-reactive ketones (excluding diaryl/α,β-unsaturated/α-hetero) is 3. The number of hydrogen-bond donors (Lipinski definition) is 2. The van der Waals surface area contributed by atoms with E-state index in [0.717, 1.165) is 37.7 Å². The number of nitrogens with zero attached hydrogens (tertiary/aromatic N) is 3. The summed E-state index contributed by atoms with van der Waals surface area (Å²) in [6.45, 7) is 10.0. The number of ketones is 3. The second-order valence-electron chi connectivity index (χ2n) is 15.2. The first-order chi connectivity index (χ1) is 25.5. The van der Waals surface area contributed by atoms with Gasteiger partial charge in [0.25, 0.3) is 5.91 Å². The predicted molar refractivity (Wildman–Crippen MR) is 203 cm³/mol. The number of likely N-dealkylation sites (tertiary alicyclic amines) is 1. The van der Waals surface area contributed by atoms with Crippen LogP contribution in [0.4, 0.5) is 0 Å². The van der Waals surface area contributed by atoms with Crippen LogP contribution in [0, 0.1) is 23.7 Å². The van der Waals surface area contributed by atoms with Crippen molar-refractivity contribution in [2.75, 3.05) is 6.54 Å². The molecule has 3 amide bonds. The third kappa shape index (κ3) is 10.9. The van der Waals surface area contributed by atoms with Crippen LogP contribution in [-0.2, 0) is 24.0 Å². The average molecular weight is 730 g/mol. The Morgan fingerprint density at radius 1 is 0.887 bits per heavy atom. The maximum atomic E-state index is 14.5. The summed E-state index contributed by atoms with van der Waals surface area (Å²) in [6, 6.07) is 7.04. The van der Waals surface area contributed by atoms with E-state index in [-0.39, 0.29) is 53.9 Å². The van der Waals surface area contributed by atoms with Crippen molar-refractivity contribution in [2.24, 2.45) is 23.7 Å². The van der Waals surface area contributed by atoms with Crippen molar-refractivity contribution in [2.45, 2.75) is 136 Å². The molecular formula is C42H59N5O6. The van der Waals surface area contributed by atoms with Gasteiger partial charge in [-0.1, -0.05) is 103 Å². The van der Waals surface area contributed by atoms with Crippen LogP contribution in [0.5, 0.6) is 0 Å². The van der Waals surface area contributed by atoms with Crippen LogP contribution in [0.2, 0.25) is 0 Å². The zero-order valence-corrected chi connectivity index (χ0v) is 32.2.